The number of ether oxygens (including phenoxy) is 4. The number of carbonyl (C=O) groups is 3. The molecule has 268 valence electrons. The number of carbonyl (C=O) groups excluding carboxylic acids is 3. The molecule has 8 heteroatoms. The van der Waals surface area contributed by atoms with Crippen molar-refractivity contribution >= 4 is 17.5 Å². The van der Waals surface area contributed by atoms with Crippen LogP contribution in [0.15, 0.2) is 120 Å². The standard InChI is InChI=1S/C44H44O8/c1-26(2)42-22-28(4)44-35(39(42)50-43(51-42,52-44)24-30-13-8-6-9-14-30)20-31(23-41(48)36(44)19-27(3)38(41)46)25-49-40(47)29(5)33-17-12-18-34(21-33)37(45)32-15-10-7-11-16-32/h6-21,28-29,35-36,39,48H,1,22-25H2,2-5H3. The molecular weight excluding hydrogens is 656 g/mol. The Kier molecular flexibility index (Phi) is 8.19. The number of hydrogen-bond acceptors (Lipinski definition) is 8. The molecule has 8 rings (SSSR count). The predicted octanol–water partition coefficient (Wildman–Crippen LogP) is 6.82. The van der Waals surface area contributed by atoms with Crippen molar-refractivity contribution in [1.29, 1.82) is 0 Å². The topological polar surface area (TPSA) is 108 Å². The molecule has 3 bridgehead atoms. The minimum Gasteiger partial charge on any atom is -0.461 e. The number of rotatable bonds is 9. The molecule has 5 aliphatic rings. The van der Waals surface area contributed by atoms with Crippen LogP contribution in [0.25, 0.3) is 0 Å². The Morgan fingerprint density at radius 3 is 2.38 bits per heavy atom. The van der Waals surface area contributed by atoms with Crippen molar-refractivity contribution in [1.82, 2.24) is 0 Å². The van der Waals surface area contributed by atoms with Crippen LogP contribution in [-0.4, -0.2) is 58.1 Å². The van der Waals surface area contributed by atoms with Crippen LogP contribution in [0.2, 0.25) is 0 Å². The normalized spacial score (nSPS) is 34.8. The van der Waals surface area contributed by atoms with E-state index in [0.717, 1.165) is 11.1 Å². The maximum atomic E-state index is 13.9. The molecule has 3 aromatic carbocycles. The van der Waals surface area contributed by atoms with Crippen LogP contribution in [0, 0.1) is 17.8 Å². The van der Waals surface area contributed by atoms with E-state index in [9.17, 15) is 19.5 Å². The van der Waals surface area contributed by atoms with E-state index in [1.165, 1.54) is 0 Å². The fourth-order valence-electron chi connectivity index (χ4n) is 9.62. The van der Waals surface area contributed by atoms with Crippen LogP contribution < -0.4 is 0 Å². The fourth-order valence-corrected chi connectivity index (χ4v) is 9.62. The maximum Gasteiger partial charge on any atom is 0.313 e. The van der Waals surface area contributed by atoms with Crippen LogP contribution >= 0.6 is 0 Å². The smallest absolute Gasteiger partial charge is 0.313 e. The summed E-state index contributed by atoms with van der Waals surface area (Å²) in [6.07, 6.45) is 4.17. The Hall–Kier alpha value is -4.47. The highest BCUT2D eigenvalue weighted by molar-refractivity contribution is 6.09. The number of aliphatic hydroxyl groups is 1. The van der Waals surface area contributed by atoms with Gasteiger partial charge in [-0.05, 0) is 67.0 Å². The first kappa shape index (κ1) is 34.6. The van der Waals surface area contributed by atoms with E-state index in [4.69, 9.17) is 18.9 Å². The van der Waals surface area contributed by atoms with Crippen molar-refractivity contribution in [3.05, 3.63) is 143 Å². The number of benzene rings is 3. The molecule has 9 atom stereocenters. The summed E-state index contributed by atoms with van der Waals surface area (Å²) in [5.74, 6) is -4.46. The van der Waals surface area contributed by atoms with Crippen molar-refractivity contribution in [3.8, 4) is 0 Å². The molecule has 0 aromatic heterocycles. The highest BCUT2D eigenvalue weighted by atomic mass is 16.9. The molecule has 3 fully saturated rings. The van der Waals surface area contributed by atoms with Crippen LogP contribution in [0.4, 0.5) is 0 Å². The third-order valence-electron chi connectivity index (χ3n) is 12.2. The number of Topliss-reactive ketones (excluding diaryl/α,β-unsaturated/α-hetero) is 1. The van der Waals surface area contributed by atoms with Crippen LogP contribution in [0.5, 0.6) is 0 Å². The van der Waals surface area contributed by atoms with Gasteiger partial charge < -0.3 is 24.1 Å². The summed E-state index contributed by atoms with van der Waals surface area (Å²) in [7, 11) is 0. The van der Waals surface area contributed by atoms with E-state index in [1.54, 1.807) is 50.2 Å². The number of fused-ring (bicyclic) bond motifs is 2. The van der Waals surface area contributed by atoms with Crippen molar-refractivity contribution in [2.24, 2.45) is 17.8 Å². The molecule has 0 radical (unpaired) electrons. The fraction of sp³-hybridized carbons (Fsp3) is 0.386. The quantitative estimate of drug-likeness (QED) is 0.147. The lowest BCUT2D eigenvalue weighted by molar-refractivity contribution is -0.421. The lowest BCUT2D eigenvalue weighted by Crippen LogP contribution is -2.70. The van der Waals surface area contributed by atoms with E-state index in [2.05, 4.69) is 13.5 Å². The van der Waals surface area contributed by atoms with E-state index in [1.807, 2.05) is 67.6 Å². The second-order valence-electron chi connectivity index (χ2n) is 15.5. The van der Waals surface area contributed by atoms with Gasteiger partial charge in [-0.25, -0.2) is 0 Å². The molecule has 0 amide bonds. The summed E-state index contributed by atoms with van der Waals surface area (Å²) in [5.41, 5.74) is 0.771. The molecule has 8 nitrogen and oxygen atoms in total. The summed E-state index contributed by atoms with van der Waals surface area (Å²) in [6, 6.07) is 25.9. The van der Waals surface area contributed by atoms with E-state index in [-0.39, 0.29) is 30.5 Å². The third kappa shape index (κ3) is 5.14. The first-order valence-corrected chi connectivity index (χ1v) is 18.1. The van der Waals surface area contributed by atoms with Crippen molar-refractivity contribution in [3.63, 3.8) is 0 Å². The summed E-state index contributed by atoms with van der Waals surface area (Å²) in [5, 5.41) is 12.5. The molecule has 1 N–H and O–H groups in total. The van der Waals surface area contributed by atoms with Crippen molar-refractivity contribution in [2.75, 3.05) is 6.61 Å². The second kappa shape index (κ2) is 12.3. The van der Waals surface area contributed by atoms with E-state index < -0.39 is 52.6 Å². The van der Waals surface area contributed by atoms with Gasteiger partial charge in [0.05, 0.1) is 17.9 Å². The van der Waals surface area contributed by atoms with Gasteiger partial charge in [0.15, 0.2) is 11.6 Å². The number of esters is 1. The third-order valence-corrected chi connectivity index (χ3v) is 12.2. The lowest BCUT2D eigenvalue weighted by Gasteiger charge is -2.59. The molecular formula is C44H44O8. The lowest BCUT2D eigenvalue weighted by atomic mass is 9.55. The molecule has 2 saturated heterocycles. The Labute approximate surface area is 304 Å². The number of hydrogen-bond donors (Lipinski definition) is 1. The van der Waals surface area contributed by atoms with Gasteiger partial charge in [-0.15, -0.1) is 0 Å². The van der Waals surface area contributed by atoms with Crippen LogP contribution in [0.3, 0.4) is 0 Å². The molecule has 1 saturated carbocycles. The highest BCUT2D eigenvalue weighted by Gasteiger charge is 2.79. The van der Waals surface area contributed by atoms with Crippen molar-refractivity contribution in [2.45, 2.75) is 81.8 Å². The second-order valence-corrected chi connectivity index (χ2v) is 15.5. The van der Waals surface area contributed by atoms with Gasteiger partial charge in [0.25, 0.3) is 5.97 Å². The Bertz CT molecular complexity index is 2030. The zero-order valence-corrected chi connectivity index (χ0v) is 30.0. The summed E-state index contributed by atoms with van der Waals surface area (Å²) < 4.78 is 27.0. The average molecular weight is 701 g/mol. The summed E-state index contributed by atoms with van der Waals surface area (Å²) in [6.45, 7) is 11.8. The Morgan fingerprint density at radius 2 is 1.67 bits per heavy atom. The predicted molar refractivity (Wildman–Crippen MR) is 193 cm³/mol. The molecule has 2 heterocycles. The minimum absolute atomic E-state index is 0.0271. The van der Waals surface area contributed by atoms with Crippen LogP contribution in [-0.2, 0) is 35.0 Å². The first-order valence-electron chi connectivity index (χ1n) is 18.1. The van der Waals surface area contributed by atoms with Gasteiger partial charge in [-0.1, -0.05) is 105 Å². The largest absolute Gasteiger partial charge is 0.461 e. The van der Waals surface area contributed by atoms with E-state index in [0.29, 0.717) is 40.7 Å². The maximum absolute atomic E-state index is 13.9. The highest BCUT2D eigenvalue weighted by Crippen LogP contribution is 2.68. The van der Waals surface area contributed by atoms with Gasteiger partial charge in [-0.2, -0.15) is 0 Å². The Balaban J connectivity index is 1.12. The average Bonchev–Trinajstić information content (AvgIpc) is 3.45. The van der Waals surface area contributed by atoms with E-state index >= 15 is 0 Å². The summed E-state index contributed by atoms with van der Waals surface area (Å²) in [4.78, 5) is 40.7. The van der Waals surface area contributed by atoms with Gasteiger partial charge in [0, 0.05) is 29.4 Å². The Morgan fingerprint density at radius 1 is 0.981 bits per heavy atom. The number of ketones is 2. The molecule has 3 aliphatic carbocycles. The van der Waals surface area contributed by atoms with Gasteiger partial charge in [0.1, 0.15) is 23.9 Å². The molecule has 0 spiro atoms. The zero-order valence-electron chi connectivity index (χ0n) is 30.0. The zero-order chi connectivity index (χ0) is 36.6. The van der Waals surface area contributed by atoms with Crippen molar-refractivity contribution < 1.29 is 38.4 Å². The monoisotopic (exact) mass is 700 g/mol. The SMILES string of the molecule is C=C(C)C12CC(C)C34OC(Cc5ccccc5)(OC1C3C=C(COC(=O)C(C)c1cccc(C(=O)c3ccccc3)c1)CC1(O)C(=O)C(C)=CC14)O2. The molecule has 52 heavy (non-hydrogen) atoms. The molecule has 9 unspecified atom stereocenters. The van der Waals surface area contributed by atoms with Gasteiger partial charge in [0.2, 0.25) is 0 Å². The molecule has 3 aromatic rings. The summed E-state index contributed by atoms with van der Waals surface area (Å²) >= 11 is 0. The molecule has 2 aliphatic heterocycles. The minimum atomic E-state index is -1.82. The van der Waals surface area contributed by atoms with Gasteiger partial charge in [-0.3, -0.25) is 14.4 Å². The van der Waals surface area contributed by atoms with Crippen LogP contribution in [0.1, 0.15) is 73.5 Å². The first-order chi connectivity index (χ1) is 24.8. The van der Waals surface area contributed by atoms with Gasteiger partial charge >= 0.3 is 5.97 Å².